The molecule has 3 rings (SSSR count). The van der Waals surface area contributed by atoms with Gasteiger partial charge in [0.05, 0.1) is 5.69 Å². The average molecular weight is 280 g/mol. The van der Waals surface area contributed by atoms with E-state index < -0.39 is 0 Å². The number of pyridine rings is 1. The van der Waals surface area contributed by atoms with E-state index in [9.17, 15) is 4.39 Å². The number of aromatic nitrogens is 3. The third-order valence-electron chi connectivity index (χ3n) is 2.94. The molecule has 0 aliphatic rings. The summed E-state index contributed by atoms with van der Waals surface area (Å²) in [5.41, 5.74) is 1.88. The molecule has 3 aromatic rings. The molecule has 0 spiro atoms. The highest BCUT2D eigenvalue weighted by atomic mass is 19.1. The number of hydrogen-bond acceptors (Lipinski definition) is 4. The Labute approximate surface area is 121 Å². The lowest BCUT2D eigenvalue weighted by Gasteiger charge is -2.09. The Kier molecular flexibility index (Phi) is 3.55. The van der Waals surface area contributed by atoms with Crippen molar-refractivity contribution >= 4 is 11.5 Å². The first-order chi connectivity index (χ1) is 10.2. The van der Waals surface area contributed by atoms with Crippen LogP contribution in [0.2, 0.25) is 0 Å². The maximum atomic E-state index is 13.9. The highest BCUT2D eigenvalue weighted by Gasteiger charge is 2.08. The fraction of sp³-hybridized carbons (Fsp3) is 0.0625. The fourth-order valence-corrected chi connectivity index (χ4v) is 2.02. The van der Waals surface area contributed by atoms with Gasteiger partial charge in [-0.15, -0.1) is 0 Å². The fourth-order valence-electron chi connectivity index (χ4n) is 2.02. The molecule has 0 aliphatic heterocycles. The van der Waals surface area contributed by atoms with Crippen LogP contribution in [0.4, 0.5) is 15.9 Å². The van der Waals surface area contributed by atoms with Crippen LogP contribution < -0.4 is 5.32 Å². The van der Waals surface area contributed by atoms with Crippen molar-refractivity contribution in [2.24, 2.45) is 0 Å². The zero-order valence-electron chi connectivity index (χ0n) is 11.4. The number of benzene rings is 1. The number of aryl methyl sites for hydroxylation is 1. The number of nitrogens with one attached hydrogen (secondary N) is 1. The number of halogens is 1. The van der Waals surface area contributed by atoms with E-state index in [1.807, 2.05) is 12.1 Å². The maximum absolute atomic E-state index is 13.9. The Morgan fingerprint density at radius 2 is 1.76 bits per heavy atom. The third kappa shape index (κ3) is 3.02. The van der Waals surface area contributed by atoms with Crippen molar-refractivity contribution < 1.29 is 4.39 Å². The molecule has 0 saturated heterocycles. The molecule has 0 amide bonds. The molecule has 4 nitrogen and oxygen atoms in total. The van der Waals surface area contributed by atoms with E-state index in [4.69, 9.17) is 0 Å². The predicted octanol–water partition coefficient (Wildman–Crippen LogP) is 3.73. The van der Waals surface area contributed by atoms with Gasteiger partial charge in [0.1, 0.15) is 17.5 Å². The minimum absolute atomic E-state index is 0.300. The lowest BCUT2D eigenvalue weighted by atomic mass is 10.1. The summed E-state index contributed by atoms with van der Waals surface area (Å²) in [6, 6.07) is 12.0. The van der Waals surface area contributed by atoms with E-state index in [2.05, 4.69) is 20.3 Å². The number of anilines is 2. The molecule has 1 N–H and O–H groups in total. The van der Waals surface area contributed by atoms with E-state index in [1.54, 1.807) is 43.6 Å². The van der Waals surface area contributed by atoms with E-state index in [0.717, 1.165) is 5.69 Å². The van der Waals surface area contributed by atoms with Gasteiger partial charge in [-0.05, 0) is 31.2 Å². The van der Waals surface area contributed by atoms with E-state index in [-0.39, 0.29) is 5.82 Å². The number of hydrogen-bond donors (Lipinski definition) is 1. The van der Waals surface area contributed by atoms with Gasteiger partial charge < -0.3 is 5.32 Å². The molecule has 2 aromatic heterocycles. The monoisotopic (exact) mass is 280 g/mol. The number of nitrogens with zero attached hydrogens (tertiary/aromatic N) is 3. The summed E-state index contributed by atoms with van der Waals surface area (Å²) < 4.78 is 13.9. The van der Waals surface area contributed by atoms with Crippen LogP contribution in [-0.2, 0) is 0 Å². The molecule has 5 heteroatoms. The van der Waals surface area contributed by atoms with Crippen LogP contribution in [0.15, 0.2) is 54.9 Å². The minimum Gasteiger partial charge on any atom is -0.340 e. The van der Waals surface area contributed by atoms with Gasteiger partial charge in [-0.2, -0.15) is 0 Å². The largest absolute Gasteiger partial charge is 0.340 e. The Balaban J connectivity index is 1.99. The Morgan fingerprint density at radius 1 is 1.00 bits per heavy atom. The summed E-state index contributed by atoms with van der Waals surface area (Å²) in [6.45, 7) is 1.78. The predicted molar refractivity (Wildman–Crippen MR) is 79.7 cm³/mol. The topological polar surface area (TPSA) is 50.7 Å². The van der Waals surface area contributed by atoms with Crippen LogP contribution in [0.5, 0.6) is 0 Å². The second-order valence-corrected chi connectivity index (χ2v) is 4.53. The zero-order valence-corrected chi connectivity index (χ0v) is 11.4. The van der Waals surface area contributed by atoms with Crippen molar-refractivity contribution in [3.05, 3.63) is 66.5 Å². The Morgan fingerprint density at radius 3 is 2.52 bits per heavy atom. The van der Waals surface area contributed by atoms with Crippen LogP contribution in [0.25, 0.3) is 11.3 Å². The first-order valence-corrected chi connectivity index (χ1v) is 6.50. The summed E-state index contributed by atoms with van der Waals surface area (Å²) >= 11 is 0. The van der Waals surface area contributed by atoms with Crippen molar-refractivity contribution in [3.8, 4) is 11.3 Å². The maximum Gasteiger partial charge on any atom is 0.134 e. The number of rotatable bonds is 3. The summed E-state index contributed by atoms with van der Waals surface area (Å²) in [6.07, 6.45) is 3.38. The molecule has 0 aliphatic carbocycles. The van der Waals surface area contributed by atoms with Gasteiger partial charge in [-0.25, -0.2) is 14.4 Å². The van der Waals surface area contributed by atoms with Crippen molar-refractivity contribution in [2.75, 3.05) is 5.32 Å². The van der Waals surface area contributed by atoms with E-state index in [0.29, 0.717) is 22.9 Å². The molecule has 104 valence electrons. The Bertz CT molecular complexity index is 759. The second-order valence-electron chi connectivity index (χ2n) is 4.53. The lowest BCUT2D eigenvalue weighted by molar-refractivity contribution is 0.630. The SMILES string of the molecule is Cc1nc(Nc2ccncc2)cc(-c2ccccc2F)n1. The zero-order chi connectivity index (χ0) is 14.7. The minimum atomic E-state index is -0.300. The molecule has 0 radical (unpaired) electrons. The quantitative estimate of drug-likeness (QED) is 0.794. The summed E-state index contributed by atoms with van der Waals surface area (Å²) in [5, 5.41) is 3.16. The first-order valence-electron chi connectivity index (χ1n) is 6.50. The molecule has 21 heavy (non-hydrogen) atoms. The van der Waals surface area contributed by atoms with E-state index >= 15 is 0 Å². The van der Waals surface area contributed by atoms with Crippen molar-refractivity contribution in [2.45, 2.75) is 6.92 Å². The first kappa shape index (κ1) is 13.2. The molecule has 2 heterocycles. The lowest BCUT2D eigenvalue weighted by Crippen LogP contribution is -1.99. The van der Waals surface area contributed by atoms with Crippen molar-refractivity contribution in [1.29, 1.82) is 0 Å². The van der Waals surface area contributed by atoms with Crippen LogP contribution in [-0.4, -0.2) is 15.0 Å². The summed E-state index contributed by atoms with van der Waals surface area (Å²) in [5.74, 6) is 0.893. The van der Waals surface area contributed by atoms with Gasteiger partial charge in [0.15, 0.2) is 0 Å². The molecular formula is C16H13FN4. The van der Waals surface area contributed by atoms with Crippen LogP contribution in [0, 0.1) is 12.7 Å². The highest BCUT2D eigenvalue weighted by Crippen LogP contribution is 2.24. The molecule has 0 saturated carbocycles. The third-order valence-corrected chi connectivity index (χ3v) is 2.94. The standard InChI is InChI=1S/C16H13FN4/c1-11-19-15(13-4-2-3-5-14(13)17)10-16(20-11)21-12-6-8-18-9-7-12/h2-10H,1H3,(H,18,19,20,21). The average Bonchev–Trinajstić information content (AvgIpc) is 2.48. The molecule has 0 fully saturated rings. The normalized spacial score (nSPS) is 10.4. The summed E-state index contributed by atoms with van der Waals surface area (Å²) in [7, 11) is 0. The van der Waals surface area contributed by atoms with Crippen molar-refractivity contribution in [1.82, 2.24) is 15.0 Å². The molecule has 1 aromatic carbocycles. The van der Waals surface area contributed by atoms with Gasteiger partial charge >= 0.3 is 0 Å². The van der Waals surface area contributed by atoms with Crippen LogP contribution in [0.3, 0.4) is 0 Å². The highest BCUT2D eigenvalue weighted by molar-refractivity contribution is 5.65. The Hall–Kier alpha value is -2.82. The van der Waals surface area contributed by atoms with Gasteiger partial charge in [0.2, 0.25) is 0 Å². The van der Waals surface area contributed by atoms with Crippen LogP contribution in [0.1, 0.15) is 5.82 Å². The van der Waals surface area contributed by atoms with Gasteiger partial charge in [0.25, 0.3) is 0 Å². The smallest absolute Gasteiger partial charge is 0.134 e. The molecule has 0 atom stereocenters. The van der Waals surface area contributed by atoms with Gasteiger partial charge in [0, 0.05) is 29.7 Å². The van der Waals surface area contributed by atoms with E-state index in [1.165, 1.54) is 6.07 Å². The molecule has 0 unspecified atom stereocenters. The molecule has 0 bridgehead atoms. The van der Waals surface area contributed by atoms with Gasteiger partial charge in [-0.3, -0.25) is 4.98 Å². The molecular weight excluding hydrogens is 267 g/mol. The van der Waals surface area contributed by atoms with Crippen molar-refractivity contribution in [3.63, 3.8) is 0 Å². The summed E-state index contributed by atoms with van der Waals surface area (Å²) in [4.78, 5) is 12.6. The van der Waals surface area contributed by atoms with Gasteiger partial charge in [-0.1, -0.05) is 12.1 Å². The van der Waals surface area contributed by atoms with Crippen LogP contribution >= 0.6 is 0 Å². The second kappa shape index (κ2) is 5.66.